The molecule has 26 heavy (non-hydrogen) atoms. The van der Waals surface area contributed by atoms with E-state index in [9.17, 15) is 0 Å². The highest BCUT2D eigenvalue weighted by molar-refractivity contribution is 7.22. The van der Waals surface area contributed by atoms with E-state index in [2.05, 4.69) is 85.8 Å². The molecular weight excluding hydrogens is 334 g/mol. The minimum atomic E-state index is 1.07. The van der Waals surface area contributed by atoms with Gasteiger partial charge in [-0.25, -0.2) is 0 Å². The van der Waals surface area contributed by atoms with Crippen LogP contribution in [0.2, 0.25) is 0 Å². The Labute approximate surface area is 156 Å². The van der Waals surface area contributed by atoms with Gasteiger partial charge in [0.1, 0.15) is 0 Å². The first-order valence-corrected chi connectivity index (χ1v) is 9.55. The predicted molar refractivity (Wildman–Crippen MR) is 113 cm³/mol. The number of hydrogen-bond acceptors (Lipinski definition) is 2. The van der Waals surface area contributed by atoms with Crippen LogP contribution in [0.3, 0.4) is 0 Å². The van der Waals surface area contributed by atoms with E-state index >= 15 is 0 Å². The second kappa shape index (κ2) is 6.08. The highest BCUT2D eigenvalue weighted by Gasteiger charge is 2.12. The number of thiophene rings is 1. The van der Waals surface area contributed by atoms with Crippen molar-refractivity contribution in [3.63, 3.8) is 0 Å². The summed E-state index contributed by atoms with van der Waals surface area (Å²) in [6, 6.07) is 28.0. The van der Waals surface area contributed by atoms with Gasteiger partial charge in [0.05, 0.1) is 10.4 Å². The van der Waals surface area contributed by atoms with Gasteiger partial charge in [-0.3, -0.25) is 4.98 Å². The van der Waals surface area contributed by atoms with Crippen molar-refractivity contribution in [3.05, 3.63) is 90.6 Å². The fourth-order valence-corrected chi connectivity index (χ4v) is 4.73. The van der Waals surface area contributed by atoms with Crippen molar-refractivity contribution in [2.45, 2.75) is 6.92 Å². The molecule has 0 amide bonds. The smallest absolute Gasteiger partial charge is 0.0880 e. The van der Waals surface area contributed by atoms with Crippen molar-refractivity contribution in [2.24, 2.45) is 0 Å². The molecule has 124 valence electrons. The summed E-state index contributed by atoms with van der Waals surface area (Å²) in [5.41, 5.74) is 4.81. The van der Waals surface area contributed by atoms with Gasteiger partial charge in [0.25, 0.3) is 0 Å². The summed E-state index contributed by atoms with van der Waals surface area (Å²) < 4.78 is 1.25. The maximum absolute atomic E-state index is 4.74. The molecule has 0 N–H and O–H groups in total. The van der Waals surface area contributed by atoms with Gasteiger partial charge in [0, 0.05) is 16.6 Å². The fourth-order valence-electron chi connectivity index (χ4n) is 3.55. The molecule has 0 saturated heterocycles. The van der Waals surface area contributed by atoms with E-state index in [0.29, 0.717) is 0 Å². The molecule has 5 aromatic rings. The number of pyridine rings is 1. The maximum atomic E-state index is 4.74. The van der Waals surface area contributed by atoms with E-state index in [-0.39, 0.29) is 0 Å². The Morgan fingerprint density at radius 2 is 1.54 bits per heavy atom. The third kappa shape index (κ3) is 2.51. The molecule has 2 heteroatoms. The monoisotopic (exact) mass is 351 g/mol. The molecule has 0 aliphatic heterocycles. The summed E-state index contributed by atoms with van der Waals surface area (Å²) in [5, 5.41) is 3.82. The average Bonchev–Trinajstić information content (AvgIpc) is 3.13. The molecule has 0 atom stereocenters. The molecule has 0 bridgehead atoms. The summed E-state index contributed by atoms with van der Waals surface area (Å²) in [5.74, 6) is 0. The van der Waals surface area contributed by atoms with Gasteiger partial charge >= 0.3 is 0 Å². The number of hydrogen-bond donors (Lipinski definition) is 0. The summed E-state index contributed by atoms with van der Waals surface area (Å²) in [6.45, 7) is 2.18. The first-order valence-electron chi connectivity index (χ1n) is 8.73. The van der Waals surface area contributed by atoms with Crippen LogP contribution < -0.4 is 0 Å². The lowest BCUT2D eigenvalue weighted by Gasteiger charge is -2.08. The molecule has 0 unspecified atom stereocenters. The van der Waals surface area contributed by atoms with Crippen LogP contribution in [0.25, 0.3) is 42.6 Å². The lowest BCUT2D eigenvalue weighted by atomic mass is 9.99. The molecule has 2 heterocycles. The van der Waals surface area contributed by atoms with E-state index < -0.39 is 0 Å². The normalized spacial score (nSPS) is 11.3. The quantitative estimate of drug-likeness (QED) is 0.331. The van der Waals surface area contributed by atoms with Crippen molar-refractivity contribution >= 4 is 32.2 Å². The number of fused-ring (bicyclic) bond motifs is 2. The lowest BCUT2D eigenvalue weighted by Crippen LogP contribution is -1.86. The van der Waals surface area contributed by atoms with Crippen molar-refractivity contribution < 1.29 is 0 Å². The van der Waals surface area contributed by atoms with E-state index in [1.165, 1.54) is 42.4 Å². The van der Waals surface area contributed by atoms with Crippen LogP contribution in [-0.2, 0) is 0 Å². The first-order chi connectivity index (χ1) is 12.8. The van der Waals surface area contributed by atoms with Crippen molar-refractivity contribution in [2.75, 3.05) is 0 Å². The Kier molecular flexibility index (Phi) is 3.58. The third-order valence-electron chi connectivity index (χ3n) is 4.83. The highest BCUT2D eigenvalue weighted by atomic mass is 32.1. The zero-order chi connectivity index (χ0) is 17.5. The van der Waals surface area contributed by atoms with Gasteiger partial charge in [-0.1, -0.05) is 54.6 Å². The minimum Gasteiger partial charge on any atom is -0.255 e. The number of nitrogens with zero attached hydrogens (tertiary/aromatic N) is 1. The van der Waals surface area contributed by atoms with Crippen molar-refractivity contribution in [3.8, 4) is 21.7 Å². The Balaban J connectivity index is 1.74. The van der Waals surface area contributed by atoms with Gasteiger partial charge < -0.3 is 0 Å². The average molecular weight is 351 g/mol. The molecule has 5 rings (SSSR count). The van der Waals surface area contributed by atoms with Crippen LogP contribution in [0.4, 0.5) is 0 Å². The van der Waals surface area contributed by atoms with E-state index in [1.807, 2.05) is 17.5 Å². The molecule has 0 aliphatic rings. The Hall–Kier alpha value is -2.97. The zero-order valence-corrected chi connectivity index (χ0v) is 15.3. The molecule has 2 aromatic heterocycles. The van der Waals surface area contributed by atoms with Crippen molar-refractivity contribution in [1.82, 2.24) is 4.98 Å². The van der Waals surface area contributed by atoms with Gasteiger partial charge in [-0.05, 0) is 58.5 Å². The number of benzene rings is 3. The number of aryl methyl sites for hydroxylation is 1. The topological polar surface area (TPSA) is 12.9 Å². The molecule has 0 aliphatic carbocycles. The Bertz CT molecular complexity index is 1240. The number of rotatable bonds is 2. The maximum Gasteiger partial charge on any atom is 0.0880 e. The molecule has 1 nitrogen and oxygen atoms in total. The van der Waals surface area contributed by atoms with Crippen molar-refractivity contribution in [1.29, 1.82) is 0 Å². The van der Waals surface area contributed by atoms with Gasteiger partial charge in [-0.2, -0.15) is 0 Å². The molecular formula is C24H17NS. The molecule has 0 fully saturated rings. The SMILES string of the molecule is Cc1cc(-c2nccc3cc(-c4ccccc4)sc23)cc2ccccc12. The first kappa shape index (κ1) is 15.3. The van der Waals surface area contributed by atoms with Crippen LogP contribution in [0, 0.1) is 6.92 Å². The second-order valence-electron chi connectivity index (χ2n) is 6.57. The van der Waals surface area contributed by atoms with Crippen LogP contribution in [-0.4, -0.2) is 4.98 Å². The van der Waals surface area contributed by atoms with E-state index in [1.54, 1.807) is 0 Å². The van der Waals surface area contributed by atoms with Crippen LogP contribution in [0.1, 0.15) is 5.56 Å². The highest BCUT2D eigenvalue weighted by Crippen LogP contribution is 2.39. The zero-order valence-electron chi connectivity index (χ0n) is 14.4. The minimum absolute atomic E-state index is 1.07. The third-order valence-corrected chi connectivity index (χ3v) is 6.04. The largest absolute Gasteiger partial charge is 0.255 e. The van der Waals surface area contributed by atoms with Gasteiger partial charge in [-0.15, -0.1) is 11.3 Å². The van der Waals surface area contributed by atoms with Gasteiger partial charge in [0.2, 0.25) is 0 Å². The summed E-state index contributed by atoms with van der Waals surface area (Å²) in [6.07, 6.45) is 1.92. The van der Waals surface area contributed by atoms with Crippen LogP contribution >= 0.6 is 11.3 Å². The Morgan fingerprint density at radius 1 is 0.731 bits per heavy atom. The Morgan fingerprint density at radius 3 is 2.42 bits per heavy atom. The lowest BCUT2D eigenvalue weighted by molar-refractivity contribution is 1.36. The van der Waals surface area contributed by atoms with E-state index in [0.717, 1.165) is 5.69 Å². The van der Waals surface area contributed by atoms with Crippen LogP contribution in [0.15, 0.2) is 85.1 Å². The van der Waals surface area contributed by atoms with Crippen LogP contribution in [0.5, 0.6) is 0 Å². The summed E-state index contributed by atoms with van der Waals surface area (Å²) in [4.78, 5) is 6.03. The number of aromatic nitrogens is 1. The summed E-state index contributed by atoms with van der Waals surface area (Å²) in [7, 11) is 0. The van der Waals surface area contributed by atoms with Gasteiger partial charge in [0.15, 0.2) is 0 Å². The predicted octanol–water partition coefficient (Wildman–Crippen LogP) is 7.09. The van der Waals surface area contributed by atoms with E-state index in [4.69, 9.17) is 4.98 Å². The molecule has 0 spiro atoms. The second-order valence-corrected chi connectivity index (χ2v) is 7.62. The molecule has 3 aromatic carbocycles. The summed E-state index contributed by atoms with van der Waals surface area (Å²) >= 11 is 1.82. The standard InChI is InChI=1S/C24H17NS/c1-16-13-20(14-18-9-5-6-10-21(16)18)23-24-19(11-12-25-23)15-22(26-24)17-7-3-2-4-8-17/h2-15H,1H3. The molecule has 0 radical (unpaired) electrons. The molecule has 0 saturated carbocycles. The fraction of sp³-hybridized carbons (Fsp3) is 0.0417.